The third-order valence-electron chi connectivity index (χ3n) is 4.65. The van der Waals surface area contributed by atoms with Crippen LogP contribution < -0.4 is 5.73 Å². The lowest BCUT2D eigenvalue weighted by Gasteiger charge is -2.20. The zero-order valence-corrected chi connectivity index (χ0v) is 15.8. The van der Waals surface area contributed by atoms with Crippen molar-refractivity contribution in [3.63, 3.8) is 0 Å². The summed E-state index contributed by atoms with van der Waals surface area (Å²) in [5.41, 5.74) is 7.54. The number of hydrogen-bond donors (Lipinski definition) is 2. The van der Waals surface area contributed by atoms with E-state index in [2.05, 4.69) is 0 Å². The fourth-order valence-corrected chi connectivity index (χ4v) is 3.25. The van der Waals surface area contributed by atoms with Crippen LogP contribution in [-0.2, 0) is 17.8 Å². The number of ether oxygens (including phenoxy) is 1. The first kappa shape index (κ1) is 19.4. The Bertz CT molecular complexity index is 1030. The Morgan fingerprint density at radius 1 is 1.07 bits per heavy atom. The molecule has 0 radical (unpaired) electrons. The van der Waals surface area contributed by atoms with Crippen molar-refractivity contribution in [2.45, 2.75) is 13.1 Å². The maximum atomic E-state index is 12.1. The maximum Gasteiger partial charge on any atom is 0.341 e. The monoisotopic (exact) mass is 378 g/mol. The van der Waals surface area contributed by atoms with Gasteiger partial charge in [-0.3, -0.25) is 9.69 Å². The quantitative estimate of drug-likeness (QED) is 0.643. The molecule has 3 rings (SSSR count). The molecule has 28 heavy (non-hydrogen) atoms. The molecule has 0 heterocycles. The van der Waals surface area contributed by atoms with Crippen LogP contribution in [0.5, 0.6) is 5.75 Å². The molecule has 6 nitrogen and oxygen atoms in total. The summed E-state index contributed by atoms with van der Waals surface area (Å²) in [5, 5.41) is 12.5. The Hall–Kier alpha value is -3.38. The van der Waals surface area contributed by atoms with Crippen LogP contribution in [0.15, 0.2) is 54.6 Å². The summed E-state index contributed by atoms with van der Waals surface area (Å²) in [5.74, 6) is -1.11. The lowest BCUT2D eigenvalue weighted by atomic mass is 9.98. The average Bonchev–Trinajstić information content (AvgIpc) is 2.69. The van der Waals surface area contributed by atoms with Crippen LogP contribution in [0, 0.1) is 0 Å². The van der Waals surface area contributed by atoms with Crippen molar-refractivity contribution in [3.05, 3.63) is 76.9 Å². The number of nitrogens with zero attached hydrogens (tertiary/aromatic N) is 1. The highest BCUT2D eigenvalue weighted by Crippen LogP contribution is 2.33. The molecule has 3 aromatic carbocycles. The summed E-state index contributed by atoms with van der Waals surface area (Å²) < 4.78 is 4.80. The minimum Gasteiger partial charge on any atom is -0.507 e. The van der Waals surface area contributed by atoms with Gasteiger partial charge in [0.1, 0.15) is 11.3 Å². The van der Waals surface area contributed by atoms with E-state index in [1.165, 1.54) is 7.11 Å². The number of esters is 1. The number of carbonyl (C=O) groups excluding carboxylic acids is 2. The van der Waals surface area contributed by atoms with Gasteiger partial charge in [-0.05, 0) is 41.6 Å². The summed E-state index contributed by atoms with van der Waals surface area (Å²) in [6.07, 6.45) is 0. The van der Waals surface area contributed by atoms with Gasteiger partial charge in [0.05, 0.1) is 7.11 Å². The molecular formula is C22H22N2O4. The van der Waals surface area contributed by atoms with Crippen LogP contribution in [0.1, 0.15) is 31.8 Å². The summed E-state index contributed by atoms with van der Waals surface area (Å²) >= 11 is 0. The standard InChI is InChI=1S/C22H22N2O4/c1-24(12-14-7-9-15(10-8-14)21(23)26)13-19-17-6-4-3-5-16(17)11-18(20(19)25)22(27)28-2/h3-11,25H,12-13H2,1-2H3,(H2,23,26). The first-order chi connectivity index (χ1) is 13.4. The van der Waals surface area contributed by atoms with Crippen molar-refractivity contribution >= 4 is 22.6 Å². The predicted octanol–water partition coefficient (Wildman–Crippen LogP) is 3.06. The molecule has 0 unspecified atom stereocenters. The molecule has 144 valence electrons. The van der Waals surface area contributed by atoms with Gasteiger partial charge in [0.25, 0.3) is 0 Å². The lowest BCUT2D eigenvalue weighted by Crippen LogP contribution is -2.18. The number of amides is 1. The second-order valence-corrected chi connectivity index (χ2v) is 6.70. The number of benzene rings is 3. The minimum absolute atomic E-state index is 0.0681. The molecule has 6 heteroatoms. The number of phenols is 1. The molecule has 1 amide bonds. The number of carbonyl (C=O) groups is 2. The first-order valence-electron chi connectivity index (χ1n) is 8.80. The van der Waals surface area contributed by atoms with Crippen LogP contribution in [-0.4, -0.2) is 36.0 Å². The Balaban J connectivity index is 1.91. The van der Waals surface area contributed by atoms with Crippen molar-refractivity contribution in [3.8, 4) is 5.75 Å². The Morgan fingerprint density at radius 3 is 2.39 bits per heavy atom. The summed E-state index contributed by atoms with van der Waals surface area (Å²) in [6.45, 7) is 1.02. The third kappa shape index (κ3) is 3.97. The molecule has 3 N–H and O–H groups in total. The molecular weight excluding hydrogens is 356 g/mol. The highest BCUT2D eigenvalue weighted by Gasteiger charge is 2.19. The van der Waals surface area contributed by atoms with E-state index in [0.717, 1.165) is 16.3 Å². The van der Waals surface area contributed by atoms with Gasteiger partial charge in [0.2, 0.25) is 5.91 Å². The van der Waals surface area contributed by atoms with Gasteiger partial charge in [-0.15, -0.1) is 0 Å². The van der Waals surface area contributed by atoms with Crippen LogP contribution in [0.4, 0.5) is 0 Å². The van der Waals surface area contributed by atoms with E-state index in [1.54, 1.807) is 18.2 Å². The van der Waals surface area contributed by atoms with Crippen molar-refractivity contribution < 1.29 is 19.4 Å². The van der Waals surface area contributed by atoms with Crippen molar-refractivity contribution in [1.82, 2.24) is 4.90 Å². The third-order valence-corrected chi connectivity index (χ3v) is 4.65. The number of phenolic OH excluding ortho intramolecular Hbond substituents is 1. The van der Waals surface area contributed by atoms with Gasteiger partial charge < -0.3 is 15.6 Å². The second-order valence-electron chi connectivity index (χ2n) is 6.70. The molecule has 0 spiro atoms. The molecule has 0 bridgehead atoms. The van der Waals surface area contributed by atoms with Crippen LogP contribution in [0.3, 0.4) is 0 Å². The van der Waals surface area contributed by atoms with Crippen LogP contribution >= 0.6 is 0 Å². The first-order valence-corrected chi connectivity index (χ1v) is 8.80. The van der Waals surface area contributed by atoms with Crippen molar-refractivity contribution in [2.75, 3.05) is 14.2 Å². The van der Waals surface area contributed by atoms with E-state index in [1.807, 2.05) is 48.3 Å². The number of hydrogen-bond acceptors (Lipinski definition) is 5. The molecule has 0 aliphatic rings. The fraction of sp³-hybridized carbons (Fsp3) is 0.182. The summed E-state index contributed by atoms with van der Waals surface area (Å²) in [6, 6.07) is 16.3. The fourth-order valence-electron chi connectivity index (χ4n) is 3.25. The Labute approximate surface area is 163 Å². The molecule has 3 aromatic rings. The highest BCUT2D eigenvalue weighted by atomic mass is 16.5. The number of rotatable bonds is 6. The number of aromatic hydroxyl groups is 1. The zero-order valence-electron chi connectivity index (χ0n) is 15.8. The topological polar surface area (TPSA) is 92.9 Å². The van der Waals surface area contributed by atoms with Crippen molar-refractivity contribution in [2.24, 2.45) is 5.73 Å². The SMILES string of the molecule is COC(=O)c1cc2ccccc2c(CN(C)Cc2ccc(C(N)=O)cc2)c1O. The minimum atomic E-state index is -0.575. The Morgan fingerprint density at radius 2 is 1.75 bits per heavy atom. The van der Waals surface area contributed by atoms with E-state index < -0.39 is 11.9 Å². The van der Waals surface area contributed by atoms with E-state index in [4.69, 9.17) is 10.5 Å². The van der Waals surface area contributed by atoms with E-state index in [9.17, 15) is 14.7 Å². The normalized spacial score (nSPS) is 11.0. The van der Waals surface area contributed by atoms with Gasteiger partial charge in [-0.1, -0.05) is 36.4 Å². The maximum absolute atomic E-state index is 12.1. The van der Waals surface area contributed by atoms with Gasteiger partial charge in [0, 0.05) is 24.2 Å². The molecule has 0 aliphatic heterocycles. The highest BCUT2D eigenvalue weighted by molar-refractivity contribution is 6.00. The number of nitrogens with two attached hydrogens (primary N) is 1. The smallest absolute Gasteiger partial charge is 0.341 e. The average molecular weight is 378 g/mol. The zero-order chi connectivity index (χ0) is 20.3. The predicted molar refractivity (Wildman–Crippen MR) is 107 cm³/mol. The van der Waals surface area contributed by atoms with Gasteiger partial charge >= 0.3 is 5.97 Å². The molecule has 0 saturated heterocycles. The summed E-state index contributed by atoms with van der Waals surface area (Å²) in [7, 11) is 3.21. The number of methoxy groups -OCH3 is 1. The molecule has 0 aliphatic carbocycles. The van der Waals surface area contributed by atoms with E-state index in [0.29, 0.717) is 24.2 Å². The second kappa shape index (κ2) is 8.10. The largest absolute Gasteiger partial charge is 0.507 e. The van der Waals surface area contributed by atoms with Crippen LogP contribution in [0.25, 0.3) is 10.8 Å². The number of fused-ring (bicyclic) bond motifs is 1. The lowest BCUT2D eigenvalue weighted by molar-refractivity contribution is 0.0597. The Kier molecular flexibility index (Phi) is 5.61. The van der Waals surface area contributed by atoms with Gasteiger partial charge in [-0.25, -0.2) is 4.79 Å². The molecule has 0 fully saturated rings. The molecule has 0 atom stereocenters. The van der Waals surface area contributed by atoms with Gasteiger partial charge in [0.15, 0.2) is 0 Å². The summed E-state index contributed by atoms with van der Waals surface area (Å²) in [4.78, 5) is 25.3. The molecule has 0 aromatic heterocycles. The molecule has 0 saturated carbocycles. The van der Waals surface area contributed by atoms with Crippen LogP contribution in [0.2, 0.25) is 0 Å². The van der Waals surface area contributed by atoms with Gasteiger partial charge in [-0.2, -0.15) is 0 Å². The number of primary amides is 1. The van der Waals surface area contributed by atoms with Crippen molar-refractivity contribution in [1.29, 1.82) is 0 Å². The van der Waals surface area contributed by atoms with E-state index >= 15 is 0 Å². The van der Waals surface area contributed by atoms with E-state index in [-0.39, 0.29) is 11.3 Å².